The first-order valence-electron chi connectivity index (χ1n) is 12.9. The molecule has 4 aromatic rings. The van der Waals surface area contributed by atoms with Gasteiger partial charge in [0.1, 0.15) is 0 Å². The molecule has 1 aromatic heterocycles. The molecule has 0 bridgehead atoms. The molecular weight excluding hydrogens is 563 g/mol. The fourth-order valence-corrected chi connectivity index (χ4v) is 5.06. The van der Waals surface area contributed by atoms with Crippen LogP contribution in [0, 0.1) is 11.3 Å². The van der Waals surface area contributed by atoms with Gasteiger partial charge in [-0.3, -0.25) is 9.69 Å². The highest BCUT2D eigenvalue weighted by molar-refractivity contribution is 6.12. The van der Waals surface area contributed by atoms with Crippen molar-refractivity contribution >= 4 is 23.5 Å². The number of carbonyl (C=O) groups is 3. The Balaban J connectivity index is 1.75. The first-order valence-corrected chi connectivity index (χ1v) is 12.9. The SMILES string of the molecule is CC1=C(C(=O)c2ccco2)C(c2ccc(C#N)cc2)N(Cc2cccc(C(=O)O)c2)C(=O)N1c1cccc(C(F)(F)F)c1. The van der Waals surface area contributed by atoms with Gasteiger partial charge in [-0.2, -0.15) is 18.4 Å². The Hall–Kier alpha value is -5.63. The minimum absolute atomic E-state index is 0.0368. The van der Waals surface area contributed by atoms with E-state index in [1.165, 1.54) is 72.7 Å². The summed E-state index contributed by atoms with van der Waals surface area (Å²) in [6.45, 7) is 1.26. The van der Waals surface area contributed by atoms with Crippen molar-refractivity contribution in [2.75, 3.05) is 4.90 Å². The van der Waals surface area contributed by atoms with Crippen molar-refractivity contribution < 1.29 is 37.1 Å². The number of hydrogen-bond donors (Lipinski definition) is 1. The Bertz CT molecular complexity index is 1790. The van der Waals surface area contributed by atoms with Gasteiger partial charge >= 0.3 is 18.2 Å². The average Bonchev–Trinajstić information content (AvgIpc) is 3.53. The van der Waals surface area contributed by atoms with Crippen LogP contribution in [0.3, 0.4) is 0 Å². The van der Waals surface area contributed by atoms with Crippen LogP contribution in [0.4, 0.5) is 23.7 Å². The zero-order valence-corrected chi connectivity index (χ0v) is 22.5. The highest BCUT2D eigenvalue weighted by Gasteiger charge is 2.43. The number of allylic oxidation sites excluding steroid dienone is 1. The lowest BCUT2D eigenvalue weighted by Crippen LogP contribution is -2.50. The monoisotopic (exact) mass is 585 g/mol. The Morgan fingerprint density at radius 2 is 1.72 bits per heavy atom. The number of furan rings is 1. The van der Waals surface area contributed by atoms with Crippen molar-refractivity contribution in [3.05, 3.63) is 136 Å². The number of alkyl halides is 3. The number of carboxylic acid groups (broad SMARTS) is 1. The number of aromatic carboxylic acids is 1. The molecule has 0 saturated heterocycles. The number of amides is 2. The van der Waals surface area contributed by atoms with Crippen molar-refractivity contribution in [3.8, 4) is 6.07 Å². The fourth-order valence-electron chi connectivity index (χ4n) is 5.06. The Morgan fingerprint density at radius 1 is 1.00 bits per heavy atom. The number of hydrogen-bond acceptors (Lipinski definition) is 5. The average molecular weight is 586 g/mol. The third-order valence-corrected chi connectivity index (χ3v) is 7.05. The number of nitrogens with zero attached hydrogens (tertiary/aromatic N) is 3. The number of anilines is 1. The van der Waals surface area contributed by atoms with Gasteiger partial charge in [-0.15, -0.1) is 0 Å². The number of rotatable bonds is 7. The molecule has 1 unspecified atom stereocenters. The second-order valence-corrected chi connectivity index (χ2v) is 9.74. The third kappa shape index (κ3) is 5.63. The van der Waals surface area contributed by atoms with E-state index in [1.54, 1.807) is 18.2 Å². The summed E-state index contributed by atoms with van der Waals surface area (Å²) in [7, 11) is 0. The van der Waals surface area contributed by atoms with Crippen molar-refractivity contribution in [2.45, 2.75) is 25.7 Å². The number of carbonyl (C=O) groups excluding carboxylic acids is 2. The lowest BCUT2D eigenvalue weighted by Gasteiger charge is -2.43. The second-order valence-electron chi connectivity index (χ2n) is 9.74. The van der Waals surface area contributed by atoms with E-state index < -0.39 is 35.6 Å². The highest BCUT2D eigenvalue weighted by atomic mass is 19.4. The molecule has 3 aromatic carbocycles. The van der Waals surface area contributed by atoms with E-state index in [4.69, 9.17) is 4.42 Å². The van der Waals surface area contributed by atoms with Crippen LogP contribution in [0.15, 0.2) is 107 Å². The Morgan fingerprint density at radius 3 is 2.35 bits per heavy atom. The van der Waals surface area contributed by atoms with Crippen LogP contribution in [0.5, 0.6) is 0 Å². The predicted octanol–water partition coefficient (Wildman–Crippen LogP) is 7.21. The maximum absolute atomic E-state index is 14.3. The summed E-state index contributed by atoms with van der Waals surface area (Å²) in [4.78, 5) is 42.3. The molecule has 0 radical (unpaired) electrons. The summed E-state index contributed by atoms with van der Waals surface area (Å²) in [5.41, 5.74) is 0.160. The summed E-state index contributed by atoms with van der Waals surface area (Å²) in [6, 6.07) is 19.4. The van der Waals surface area contributed by atoms with E-state index in [-0.39, 0.29) is 34.8 Å². The van der Waals surface area contributed by atoms with Gasteiger partial charge in [-0.25, -0.2) is 9.59 Å². The maximum atomic E-state index is 14.3. The zero-order chi connectivity index (χ0) is 30.9. The largest absolute Gasteiger partial charge is 0.478 e. The lowest BCUT2D eigenvalue weighted by atomic mass is 9.88. The summed E-state index contributed by atoms with van der Waals surface area (Å²) in [6.07, 6.45) is -3.39. The molecular formula is C32H22F3N3O5. The third-order valence-electron chi connectivity index (χ3n) is 7.05. The summed E-state index contributed by atoms with van der Waals surface area (Å²) >= 11 is 0. The molecule has 1 atom stereocenters. The van der Waals surface area contributed by atoms with Crippen LogP contribution < -0.4 is 4.90 Å². The van der Waals surface area contributed by atoms with Crippen LogP contribution >= 0.6 is 0 Å². The van der Waals surface area contributed by atoms with E-state index in [2.05, 4.69) is 0 Å². The summed E-state index contributed by atoms with van der Waals surface area (Å²) < 4.78 is 46.4. The first-order chi connectivity index (χ1) is 20.5. The number of nitriles is 1. The molecule has 216 valence electrons. The number of urea groups is 1. The number of carboxylic acids is 1. The van der Waals surface area contributed by atoms with Gasteiger partial charge in [0, 0.05) is 12.2 Å². The van der Waals surface area contributed by atoms with E-state index >= 15 is 0 Å². The molecule has 2 amide bonds. The van der Waals surface area contributed by atoms with Crippen molar-refractivity contribution in [1.82, 2.24) is 4.90 Å². The lowest BCUT2D eigenvalue weighted by molar-refractivity contribution is -0.137. The Labute approximate surface area is 243 Å². The molecule has 5 rings (SSSR count). The van der Waals surface area contributed by atoms with Gasteiger partial charge in [0.25, 0.3) is 0 Å². The molecule has 1 N–H and O–H groups in total. The fraction of sp³-hybridized carbons (Fsp3) is 0.125. The quantitative estimate of drug-likeness (QED) is 0.229. The number of halogens is 3. The van der Waals surface area contributed by atoms with Gasteiger partial charge in [0.2, 0.25) is 5.78 Å². The van der Waals surface area contributed by atoms with Crippen molar-refractivity contribution in [3.63, 3.8) is 0 Å². The van der Waals surface area contributed by atoms with E-state index in [1.807, 2.05) is 6.07 Å². The Kier molecular flexibility index (Phi) is 7.61. The van der Waals surface area contributed by atoms with Gasteiger partial charge in [0.05, 0.1) is 46.3 Å². The molecule has 0 spiro atoms. The molecule has 0 saturated carbocycles. The minimum Gasteiger partial charge on any atom is -0.478 e. The summed E-state index contributed by atoms with van der Waals surface area (Å²) in [5.74, 6) is -1.85. The summed E-state index contributed by atoms with van der Waals surface area (Å²) in [5, 5.41) is 18.8. The molecule has 2 heterocycles. The number of benzene rings is 3. The highest BCUT2D eigenvalue weighted by Crippen LogP contribution is 2.42. The van der Waals surface area contributed by atoms with Crippen molar-refractivity contribution in [1.29, 1.82) is 5.26 Å². The second kappa shape index (κ2) is 11.3. The van der Waals surface area contributed by atoms with E-state index in [0.29, 0.717) is 16.7 Å². The van der Waals surface area contributed by atoms with Gasteiger partial charge in [0.15, 0.2) is 5.76 Å². The molecule has 43 heavy (non-hydrogen) atoms. The van der Waals surface area contributed by atoms with Crippen LogP contribution in [-0.2, 0) is 12.7 Å². The molecule has 1 aliphatic heterocycles. The predicted molar refractivity (Wildman–Crippen MR) is 148 cm³/mol. The standard InChI is InChI=1S/C32H22F3N3O5/c1-19-27(29(39)26-9-4-14-43-26)28(22-12-10-20(17-36)11-13-22)37(18-21-5-2-6-23(15-21)30(40)41)31(42)38(19)25-8-3-7-24(16-25)32(33,34)35/h2-16,28H,18H2,1H3,(H,40,41). The van der Waals surface area contributed by atoms with Gasteiger partial charge < -0.3 is 14.4 Å². The molecule has 1 aliphatic rings. The smallest absolute Gasteiger partial charge is 0.416 e. The normalized spacial score (nSPS) is 15.4. The van der Waals surface area contributed by atoms with Crippen LogP contribution in [-0.4, -0.2) is 27.8 Å². The van der Waals surface area contributed by atoms with Gasteiger partial charge in [-0.05, 0) is 72.6 Å². The van der Waals surface area contributed by atoms with Crippen molar-refractivity contribution in [2.24, 2.45) is 0 Å². The van der Waals surface area contributed by atoms with Crippen LogP contribution in [0.25, 0.3) is 0 Å². The number of Topliss-reactive ketones (excluding diaryl/α,β-unsaturated/α-hetero) is 1. The molecule has 0 aliphatic carbocycles. The van der Waals surface area contributed by atoms with E-state index in [0.717, 1.165) is 17.0 Å². The minimum atomic E-state index is -4.69. The number of ketones is 1. The molecule has 8 nitrogen and oxygen atoms in total. The maximum Gasteiger partial charge on any atom is 0.416 e. The van der Waals surface area contributed by atoms with E-state index in [9.17, 15) is 37.9 Å². The van der Waals surface area contributed by atoms with Crippen LogP contribution in [0.1, 0.15) is 56.1 Å². The topological polar surface area (TPSA) is 115 Å². The molecule has 0 fully saturated rings. The molecule has 11 heteroatoms. The van der Waals surface area contributed by atoms with Gasteiger partial charge in [-0.1, -0.05) is 30.3 Å². The first kappa shape index (κ1) is 28.9. The zero-order valence-electron chi connectivity index (χ0n) is 22.5. The van der Waals surface area contributed by atoms with Crippen LogP contribution in [0.2, 0.25) is 0 Å².